The summed E-state index contributed by atoms with van der Waals surface area (Å²) in [7, 11) is 3.12. The Morgan fingerprint density at radius 1 is 0.939 bits per heavy atom. The van der Waals surface area contributed by atoms with Crippen LogP contribution in [0.2, 0.25) is 0 Å². The summed E-state index contributed by atoms with van der Waals surface area (Å²) in [6.07, 6.45) is 3.52. The summed E-state index contributed by atoms with van der Waals surface area (Å²) >= 11 is 0. The van der Waals surface area contributed by atoms with Crippen LogP contribution in [0.4, 0.5) is 0 Å². The van der Waals surface area contributed by atoms with Crippen molar-refractivity contribution in [2.75, 3.05) is 14.2 Å². The molecule has 1 atom stereocenters. The number of hydrogen-bond acceptors (Lipinski definition) is 5. The first-order chi connectivity index (χ1) is 16.0. The molecule has 2 aromatic carbocycles. The molecule has 33 heavy (non-hydrogen) atoms. The highest BCUT2D eigenvalue weighted by Gasteiger charge is 2.26. The predicted molar refractivity (Wildman–Crippen MR) is 126 cm³/mol. The van der Waals surface area contributed by atoms with Crippen LogP contribution in [0.3, 0.4) is 0 Å². The van der Waals surface area contributed by atoms with Gasteiger partial charge in [0.2, 0.25) is 11.8 Å². The van der Waals surface area contributed by atoms with Crippen molar-refractivity contribution >= 4 is 11.8 Å². The molecule has 0 saturated heterocycles. The third-order valence-electron chi connectivity index (χ3n) is 5.36. The summed E-state index contributed by atoms with van der Waals surface area (Å²) in [5.74, 6) is 0.767. The average molecular weight is 448 g/mol. The van der Waals surface area contributed by atoms with Crippen molar-refractivity contribution in [2.24, 2.45) is 0 Å². The molecule has 1 unspecified atom stereocenters. The molecular formula is C26H29N3O4. The van der Waals surface area contributed by atoms with Gasteiger partial charge in [-0.1, -0.05) is 42.5 Å². The molecule has 2 amide bonds. The van der Waals surface area contributed by atoms with Gasteiger partial charge in [-0.25, -0.2) is 0 Å². The van der Waals surface area contributed by atoms with Gasteiger partial charge in [0.25, 0.3) is 0 Å². The number of pyridine rings is 1. The van der Waals surface area contributed by atoms with E-state index in [1.807, 2.05) is 48.5 Å². The van der Waals surface area contributed by atoms with Crippen LogP contribution in [0.15, 0.2) is 73.1 Å². The molecule has 3 rings (SSSR count). The highest BCUT2D eigenvalue weighted by molar-refractivity contribution is 5.88. The van der Waals surface area contributed by atoms with Gasteiger partial charge in [0.1, 0.15) is 6.04 Å². The Hall–Kier alpha value is -3.87. The first-order valence-corrected chi connectivity index (χ1v) is 10.7. The normalized spacial score (nSPS) is 11.4. The molecule has 0 radical (unpaired) electrons. The Kier molecular flexibility index (Phi) is 8.41. The Morgan fingerprint density at radius 3 is 2.33 bits per heavy atom. The van der Waals surface area contributed by atoms with E-state index in [0.29, 0.717) is 24.6 Å². The third kappa shape index (κ3) is 6.55. The van der Waals surface area contributed by atoms with Crippen LogP contribution in [0.25, 0.3) is 0 Å². The van der Waals surface area contributed by atoms with Gasteiger partial charge in [-0.2, -0.15) is 0 Å². The van der Waals surface area contributed by atoms with Gasteiger partial charge in [0, 0.05) is 25.5 Å². The van der Waals surface area contributed by atoms with Gasteiger partial charge in [-0.3, -0.25) is 14.6 Å². The molecule has 0 aliphatic carbocycles. The zero-order valence-electron chi connectivity index (χ0n) is 19.2. The maximum absolute atomic E-state index is 13.4. The van der Waals surface area contributed by atoms with Crippen molar-refractivity contribution in [1.29, 1.82) is 0 Å². The summed E-state index contributed by atoms with van der Waals surface area (Å²) in [5.41, 5.74) is 2.62. The lowest BCUT2D eigenvalue weighted by molar-refractivity contribution is -0.140. The number of nitrogens with zero attached hydrogens (tertiary/aromatic N) is 2. The van der Waals surface area contributed by atoms with Crippen molar-refractivity contribution in [3.8, 4) is 11.5 Å². The molecule has 0 bridgehead atoms. The number of aromatic nitrogens is 1. The fraction of sp³-hybridized carbons (Fsp3) is 0.269. The number of hydrogen-bond donors (Lipinski definition) is 1. The van der Waals surface area contributed by atoms with Gasteiger partial charge < -0.3 is 19.7 Å². The largest absolute Gasteiger partial charge is 0.493 e. The zero-order valence-corrected chi connectivity index (χ0v) is 19.2. The predicted octanol–water partition coefficient (Wildman–Crippen LogP) is 3.38. The molecule has 0 fully saturated rings. The molecule has 1 N–H and O–H groups in total. The van der Waals surface area contributed by atoms with Gasteiger partial charge >= 0.3 is 0 Å². The molecule has 7 nitrogen and oxygen atoms in total. The van der Waals surface area contributed by atoms with E-state index < -0.39 is 6.04 Å². The standard InChI is InChI=1S/C26H29N3O4/c1-19(26(31)28-17-22-10-7-13-27-16-22)29(18-20-8-5-4-6-9-20)25(30)15-21-11-12-23(32-2)24(14-21)33-3/h4-14,16,19H,15,17-18H2,1-3H3,(H,28,31). The lowest BCUT2D eigenvalue weighted by Gasteiger charge is -2.29. The number of carbonyl (C=O) groups excluding carboxylic acids is 2. The van der Waals surface area contributed by atoms with E-state index in [1.54, 1.807) is 50.6 Å². The zero-order chi connectivity index (χ0) is 23.6. The highest BCUT2D eigenvalue weighted by atomic mass is 16.5. The van der Waals surface area contributed by atoms with Crippen LogP contribution in [0, 0.1) is 0 Å². The fourth-order valence-electron chi connectivity index (χ4n) is 3.47. The van der Waals surface area contributed by atoms with E-state index >= 15 is 0 Å². The Balaban J connectivity index is 1.76. The number of amides is 2. The number of rotatable bonds is 10. The van der Waals surface area contributed by atoms with Crippen molar-refractivity contribution < 1.29 is 19.1 Å². The number of methoxy groups -OCH3 is 2. The molecule has 7 heteroatoms. The van der Waals surface area contributed by atoms with E-state index in [2.05, 4.69) is 10.3 Å². The molecule has 0 aliphatic heterocycles. The fourth-order valence-corrected chi connectivity index (χ4v) is 3.47. The SMILES string of the molecule is COc1ccc(CC(=O)N(Cc2ccccc2)C(C)C(=O)NCc2cccnc2)cc1OC. The molecule has 172 valence electrons. The first-order valence-electron chi connectivity index (χ1n) is 10.7. The second-order valence-electron chi connectivity index (χ2n) is 7.63. The molecule has 0 aliphatic rings. The summed E-state index contributed by atoms with van der Waals surface area (Å²) in [6.45, 7) is 2.42. The van der Waals surface area contributed by atoms with Crippen molar-refractivity contribution in [3.63, 3.8) is 0 Å². The summed E-state index contributed by atoms with van der Waals surface area (Å²) in [5, 5.41) is 2.91. The minimum Gasteiger partial charge on any atom is -0.493 e. The molecule has 1 aromatic heterocycles. The van der Waals surface area contributed by atoms with Crippen LogP contribution in [-0.2, 0) is 29.1 Å². The molecule has 0 saturated carbocycles. The van der Waals surface area contributed by atoms with Gasteiger partial charge in [-0.05, 0) is 41.8 Å². The lowest BCUT2D eigenvalue weighted by atomic mass is 10.1. The van der Waals surface area contributed by atoms with Gasteiger partial charge in [0.05, 0.1) is 20.6 Å². The number of nitrogens with one attached hydrogen (secondary N) is 1. The molecule has 0 spiro atoms. The number of ether oxygens (including phenoxy) is 2. The quantitative estimate of drug-likeness (QED) is 0.515. The van der Waals surface area contributed by atoms with Gasteiger partial charge in [0.15, 0.2) is 11.5 Å². The monoisotopic (exact) mass is 447 g/mol. The minimum absolute atomic E-state index is 0.132. The van der Waals surface area contributed by atoms with Crippen LogP contribution in [0.1, 0.15) is 23.6 Å². The van der Waals surface area contributed by atoms with E-state index in [4.69, 9.17) is 9.47 Å². The Labute approximate surface area is 194 Å². The molecule has 3 aromatic rings. The first kappa shape index (κ1) is 23.8. The smallest absolute Gasteiger partial charge is 0.242 e. The van der Waals surface area contributed by atoms with Gasteiger partial charge in [-0.15, -0.1) is 0 Å². The van der Waals surface area contributed by atoms with Crippen LogP contribution < -0.4 is 14.8 Å². The highest BCUT2D eigenvalue weighted by Crippen LogP contribution is 2.28. The minimum atomic E-state index is -0.658. The second kappa shape index (κ2) is 11.7. The maximum atomic E-state index is 13.4. The van der Waals surface area contributed by atoms with E-state index in [0.717, 1.165) is 16.7 Å². The number of carbonyl (C=O) groups is 2. The van der Waals surface area contributed by atoms with E-state index in [9.17, 15) is 9.59 Å². The van der Waals surface area contributed by atoms with Crippen LogP contribution >= 0.6 is 0 Å². The lowest BCUT2D eigenvalue weighted by Crippen LogP contribution is -2.48. The van der Waals surface area contributed by atoms with E-state index in [-0.39, 0.29) is 18.2 Å². The number of benzene rings is 2. The summed E-state index contributed by atoms with van der Waals surface area (Å²) < 4.78 is 10.6. The van der Waals surface area contributed by atoms with Crippen molar-refractivity contribution in [2.45, 2.75) is 32.5 Å². The topological polar surface area (TPSA) is 80.8 Å². The maximum Gasteiger partial charge on any atom is 0.242 e. The summed E-state index contributed by atoms with van der Waals surface area (Å²) in [6, 6.07) is 18.1. The molecular weight excluding hydrogens is 418 g/mol. The summed E-state index contributed by atoms with van der Waals surface area (Å²) in [4.78, 5) is 31.9. The molecule has 1 heterocycles. The van der Waals surface area contributed by atoms with Crippen LogP contribution in [-0.4, -0.2) is 42.0 Å². The average Bonchev–Trinajstić information content (AvgIpc) is 2.86. The van der Waals surface area contributed by atoms with E-state index in [1.165, 1.54) is 0 Å². The second-order valence-corrected chi connectivity index (χ2v) is 7.63. The van der Waals surface area contributed by atoms with Crippen molar-refractivity contribution in [1.82, 2.24) is 15.2 Å². The Bertz CT molecular complexity index is 1060. The Morgan fingerprint density at radius 2 is 1.67 bits per heavy atom. The van der Waals surface area contributed by atoms with Crippen molar-refractivity contribution in [3.05, 3.63) is 89.7 Å². The third-order valence-corrected chi connectivity index (χ3v) is 5.36. The van der Waals surface area contributed by atoms with Crippen LogP contribution in [0.5, 0.6) is 11.5 Å².